The zero-order chi connectivity index (χ0) is 15.9. The number of methoxy groups -OCH3 is 1. The summed E-state index contributed by atoms with van der Waals surface area (Å²) in [5, 5.41) is 12.6. The number of rotatable bonds is 8. The normalized spacial score (nSPS) is 16.7. The minimum Gasteiger partial charge on any atom is -0.493 e. The van der Waals surface area contributed by atoms with E-state index in [0.29, 0.717) is 12.6 Å². The van der Waals surface area contributed by atoms with Crippen molar-refractivity contribution < 1.29 is 14.6 Å². The van der Waals surface area contributed by atoms with Crippen LogP contribution in [0.25, 0.3) is 0 Å². The quantitative estimate of drug-likeness (QED) is 0.732. The van der Waals surface area contributed by atoms with Gasteiger partial charge in [0.2, 0.25) is 0 Å². The van der Waals surface area contributed by atoms with Gasteiger partial charge in [-0.2, -0.15) is 0 Å². The van der Waals surface area contributed by atoms with Crippen LogP contribution < -0.4 is 14.8 Å². The second-order valence-electron chi connectivity index (χ2n) is 5.80. The first-order valence-corrected chi connectivity index (χ1v) is 8.84. The van der Waals surface area contributed by atoms with E-state index in [0.717, 1.165) is 40.8 Å². The molecule has 0 aliphatic heterocycles. The van der Waals surface area contributed by atoms with Crippen molar-refractivity contribution in [2.45, 2.75) is 57.7 Å². The minimum atomic E-state index is 0.124. The second-order valence-corrected chi connectivity index (χ2v) is 6.66. The molecule has 1 aromatic rings. The molecule has 22 heavy (non-hydrogen) atoms. The highest BCUT2D eigenvalue weighted by Gasteiger charge is 2.20. The number of hydrogen-bond donors (Lipinski definition) is 2. The van der Waals surface area contributed by atoms with Crippen LogP contribution in [0.1, 0.15) is 44.6 Å². The molecule has 1 fully saturated rings. The molecule has 1 aliphatic carbocycles. The highest BCUT2D eigenvalue weighted by molar-refractivity contribution is 9.10. The summed E-state index contributed by atoms with van der Waals surface area (Å²) in [6, 6.07) is 4.19. The number of benzene rings is 1. The zero-order valence-corrected chi connectivity index (χ0v) is 15.0. The predicted octanol–water partition coefficient (Wildman–Crippen LogP) is 3.64. The number of aliphatic hydroxyl groups is 1. The van der Waals surface area contributed by atoms with E-state index < -0.39 is 0 Å². The zero-order valence-electron chi connectivity index (χ0n) is 13.4. The van der Waals surface area contributed by atoms with Crippen LogP contribution in [0.3, 0.4) is 0 Å². The molecule has 0 radical (unpaired) electrons. The Balaban J connectivity index is 2.08. The van der Waals surface area contributed by atoms with E-state index in [4.69, 9.17) is 9.47 Å². The summed E-state index contributed by atoms with van der Waals surface area (Å²) >= 11 is 3.61. The minimum absolute atomic E-state index is 0.124. The van der Waals surface area contributed by atoms with Gasteiger partial charge in [-0.3, -0.25) is 0 Å². The molecule has 2 N–H and O–H groups in total. The Bertz CT molecular complexity index is 471. The van der Waals surface area contributed by atoms with Crippen LogP contribution in [-0.2, 0) is 6.54 Å². The monoisotopic (exact) mass is 371 g/mol. The summed E-state index contributed by atoms with van der Waals surface area (Å²) in [6.07, 6.45) is 5.92. The van der Waals surface area contributed by atoms with Crippen LogP contribution in [0.2, 0.25) is 0 Å². The first kappa shape index (κ1) is 17.6. The fourth-order valence-electron chi connectivity index (χ4n) is 2.76. The van der Waals surface area contributed by atoms with Crippen LogP contribution >= 0.6 is 15.9 Å². The number of hydrogen-bond acceptors (Lipinski definition) is 4. The molecular formula is C17H26BrNO3. The Morgan fingerprint density at radius 1 is 1.36 bits per heavy atom. The van der Waals surface area contributed by atoms with Gasteiger partial charge in [-0.15, -0.1) is 0 Å². The molecule has 5 heteroatoms. The van der Waals surface area contributed by atoms with Crippen molar-refractivity contribution in [2.75, 3.05) is 13.7 Å². The lowest BCUT2D eigenvalue weighted by Crippen LogP contribution is -2.31. The van der Waals surface area contributed by atoms with Gasteiger partial charge in [0.15, 0.2) is 11.5 Å². The largest absolute Gasteiger partial charge is 0.493 e. The molecule has 0 saturated heterocycles. The molecule has 1 atom stereocenters. The van der Waals surface area contributed by atoms with Gasteiger partial charge in [0.25, 0.3) is 0 Å². The maximum Gasteiger partial charge on any atom is 0.175 e. The Hall–Kier alpha value is -0.780. The standard InChI is InChI=1S/C17H26BrNO3/c1-3-13(11-20)19-10-12-8-15(18)17(16(9-12)21-2)22-14-6-4-5-7-14/h8-9,13-14,19-20H,3-7,10-11H2,1-2H3/t13-/m0/s1. The molecule has 4 nitrogen and oxygen atoms in total. The first-order chi connectivity index (χ1) is 10.7. The topological polar surface area (TPSA) is 50.7 Å². The number of nitrogens with one attached hydrogen (secondary N) is 1. The van der Waals surface area contributed by atoms with Gasteiger partial charge < -0.3 is 19.9 Å². The van der Waals surface area contributed by atoms with Gasteiger partial charge >= 0.3 is 0 Å². The third-order valence-corrected chi connectivity index (χ3v) is 4.77. The second kappa shape index (κ2) is 8.75. The van der Waals surface area contributed by atoms with Crippen LogP contribution in [0.15, 0.2) is 16.6 Å². The van der Waals surface area contributed by atoms with Gasteiger partial charge in [0, 0.05) is 12.6 Å². The Morgan fingerprint density at radius 3 is 2.68 bits per heavy atom. The van der Waals surface area contributed by atoms with Gasteiger partial charge in [-0.1, -0.05) is 6.92 Å². The van der Waals surface area contributed by atoms with E-state index in [1.54, 1.807) is 7.11 Å². The predicted molar refractivity (Wildman–Crippen MR) is 91.6 cm³/mol. The molecule has 1 aromatic carbocycles. The summed E-state index contributed by atoms with van der Waals surface area (Å²) in [5.41, 5.74) is 1.11. The van der Waals surface area contributed by atoms with E-state index in [1.807, 2.05) is 6.07 Å². The lowest BCUT2D eigenvalue weighted by atomic mass is 10.1. The number of halogens is 1. The lowest BCUT2D eigenvalue weighted by molar-refractivity contribution is 0.199. The molecule has 0 aromatic heterocycles. The van der Waals surface area contributed by atoms with Crippen molar-refractivity contribution in [1.82, 2.24) is 5.32 Å². The number of ether oxygens (including phenoxy) is 2. The molecule has 0 amide bonds. The third-order valence-electron chi connectivity index (χ3n) is 4.18. The molecule has 0 spiro atoms. The molecule has 0 heterocycles. The molecule has 0 bridgehead atoms. The summed E-state index contributed by atoms with van der Waals surface area (Å²) < 4.78 is 12.5. The van der Waals surface area contributed by atoms with Crippen molar-refractivity contribution in [2.24, 2.45) is 0 Å². The summed E-state index contributed by atoms with van der Waals surface area (Å²) in [6.45, 7) is 2.90. The Labute approximate surface area is 141 Å². The maximum atomic E-state index is 9.25. The third kappa shape index (κ3) is 4.61. The van der Waals surface area contributed by atoms with Gasteiger partial charge in [0.1, 0.15) is 0 Å². The van der Waals surface area contributed by atoms with Crippen LogP contribution in [-0.4, -0.2) is 31.0 Å². The maximum absolute atomic E-state index is 9.25. The van der Waals surface area contributed by atoms with E-state index >= 15 is 0 Å². The van der Waals surface area contributed by atoms with E-state index in [1.165, 1.54) is 12.8 Å². The summed E-state index contributed by atoms with van der Waals surface area (Å²) in [5.74, 6) is 1.56. The van der Waals surface area contributed by atoms with Crippen molar-refractivity contribution in [1.29, 1.82) is 0 Å². The molecule has 124 valence electrons. The van der Waals surface area contributed by atoms with E-state index in [-0.39, 0.29) is 12.6 Å². The SMILES string of the molecule is CC[C@@H](CO)NCc1cc(Br)c(OC2CCCC2)c(OC)c1. The average molecular weight is 372 g/mol. The fraction of sp³-hybridized carbons (Fsp3) is 0.647. The summed E-state index contributed by atoms with van der Waals surface area (Å²) in [4.78, 5) is 0. The van der Waals surface area contributed by atoms with E-state index in [2.05, 4.69) is 34.2 Å². The number of aliphatic hydroxyl groups excluding tert-OH is 1. The lowest BCUT2D eigenvalue weighted by Gasteiger charge is -2.19. The average Bonchev–Trinajstić information content (AvgIpc) is 3.03. The summed E-state index contributed by atoms with van der Waals surface area (Å²) in [7, 11) is 1.67. The molecular weight excluding hydrogens is 346 g/mol. The highest BCUT2D eigenvalue weighted by atomic mass is 79.9. The fourth-order valence-corrected chi connectivity index (χ4v) is 3.35. The van der Waals surface area contributed by atoms with Crippen molar-refractivity contribution in [3.8, 4) is 11.5 Å². The van der Waals surface area contributed by atoms with Crippen molar-refractivity contribution in [3.63, 3.8) is 0 Å². The van der Waals surface area contributed by atoms with E-state index in [9.17, 15) is 5.11 Å². The van der Waals surface area contributed by atoms with Crippen LogP contribution in [0, 0.1) is 0 Å². The molecule has 1 saturated carbocycles. The smallest absolute Gasteiger partial charge is 0.175 e. The van der Waals surface area contributed by atoms with Crippen LogP contribution in [0.4, 0.5) is 0 Å². The van der Waals surface area contributed by atoms with Gasteiger partial charge in [-0.25, -0.2) is 0 Å². The Kier molecular flexibility index (Phi) is 6.99. The van der Waals surface area contributed by atoms with Crippen molar-refractivity contribution >= 4 is 15.9 Å². The Morgan fingerprint density at radius 2 is 2.09 bits per heavy atom. The van der Waals surface area contributed by atoms with Gasteiger partial charge in [0.05, 0.1) is 24.3 Å². The molecule has 2 rings (SSSR count). The van der Waals surface area contributed by atoms with Crippen molar-refractivity contribution in [3.05, 3.63) is 22.2 Å². The molecule has 1 aliphatic rings. The van der Waals surface area contributed by atoms with Gasteiger partial charge in [-0.05, 0) is 65.7 Å². The first-order valence-electron chi connectivity index (χ1n) is 8.05. The highest BCUT2D eigenvalue weighted by Crippen LogP contribution is 2.39. The molecule has 0 unspecified atom stereocenters. The van der Waals surface area contributed by atoms with Crippen LogP contribution in [0.5, 0.6) is 11.5 Å².